The molecule has 0 bridgehead atoms. The first-order valence-electron chi connectivity index (χ1n) is 7.83. The number of carbonyl (C=O) groups is 2. The number of aromatic nitrogens is 2. The molecule has 1 aromatic carbocycles. The molecule has 25 heavy (non-hydrogen) atoms. The van der Waals surface area contributed by atoms with Crippen molar-refractivity contribution in [2.45, 2.75) is 19.9 Å². The number of nitrogens with zero attached hydrogens (tertiary/aromatic N) is 3. The van der Waals surface area contributed by atoms with Crippen LogP contribution in [-0.4, -0.2) is 57.5 Å². The summed E-state index contributed by atoms with van der Waals surface area (Å²) >= 11 is 0. The number of hydrogen-bond donors (Lipinski definition) is 1. The molecular formula is C17H18FN3O4. The fraction of sp³-hybridized carbons (Fsp3) is 0.353. The highest BCUT2D eigenvalue weighted by Crippen LogP contribution is 2.20. The second-order valence-electron chi connectivity index (χ2n) is 5.93. The van der Waals surface area contributed by atoms with Gasteiger partial charge in [0, 0.05) is 17.8 Å². The van der Waals surface area contributed by atoms with Gasteiger partial charge in [-0.25, -0.2) is 13.9 Å². The molecule has 1 unspecified atom stereocenters. The molecule has 1 amide bonds. The van der Waals surface area contributed by atoms with E-state index in [2.05, 4.69) is 5.10 Å². The van der Waals surface area contributed by atoms with Crippen LogP contribution in [0.15, 0.2) is 24.3 Å². The highest BCUT2D eigenvalue weighted by Gasteiger charge is 2.33. The Morgan fingerprint density at radius 2 is 2.08 bits per heavy atom. The summed E-state index contributed by atoms with van der Waals surface area (Å²) in [5, 5.41) is 13.5. The molecule has 0 aliphatic carbocycles. The Kier molecular flexibility index (Phi) is 4.54. The molecule has 3 rings (SSSR count). The molecule has 7 nitrogen and oxygen atoms in total. The Morgan fingerprint density at radius 1 is 1.32 bits per heavy atom. The van der Waals surface area contributed by atoms with Crippen molar-refractivity contribution in [2.24, 2.45) is 0 Å². The largest absolute Gasteiger partial charge is 0.480 e. The molecule has 0 saturated carbocycles. The van der Waals surface area contributed by atoms with Gasteiger partial charge in [-0.3, -0.25) is 4.79 Å². The average Bonchev–Trinajstić information content (AvgIpc) is 2.92. The van der Waals surface area contributed by atoms with Crippen LogP contribution in [0.3, 0.4) is 0 Å². The van der Waals surface area contributed by atoms with Crippen molar-refractivity contribution in [2.75, 3.05) is 19.8 Å². The maximum atomic E-state index is 14.5. The third-order valence-corrected chi connectivity index (χ3v) is 4.11. The molecule has 1 aliphatic heterocycles. The van der Waals surface area contributed by atoms with E-state index in [0.717, 1.165) is 17.5 Å². The van der Waals surface area contributed by atoms with Crippen LogP contribution in [0.1, 0.15) is 21.7 Å². The van der Waals surface area contributed by atoms with Crippen LogP contribution in [-0.2, 0) is 9.53 Å². The highest BCUT2D eigenvalue weighted by molar-refractivity contribution is 5.97. The molecule has 1 atom stereocenters. The van der Waals surface area contributed by atoms with Crippen molar-refractivity contribution in [3.8, 4) is 5.69 Å². The number of amides is 1. The lowest BCUT2D eigenvalue weighted by atomic mass is 10.1. The number of aliphatic carboxylic acids is 1. The van der Waals surface area contributed by atoms with E-state index in [9.17, 15) is 19.1 Å². The van der Waals surface area contributed by atoms with Gasteiger partial charge in [-0.1, -0.05) is 0 Å². The fourth-order valence-electron chi connectivity index (χ4n) is 2.90. The van der Waals surface area contributed by atoms with Crippen molar-refractivity contribution in [3.05, 3.63) is 47.0 Å². The number of halogens is 1. The Balaban J connectivity index is 1.91. The van der Waals surface area contributed by atoms with Gasteiger partial charge in [0.2, 0.25) is 0 Å². The number of benzene rings is 1. The number of carboxylic acid groups (broad SMARTS) is 1. The summed E-state index contributed by atoms with van der Waals surface area (Å²) in [6.45, 7) is 3.94. The average molecular weight is 347 g/mol. The van der Waals surface area contributed by atoms with E-state index in [1.165, 1.54) is 21.7 Å². The van der Waals surface area contributed by atoms with Gasteiger partial charge in [-0.2, -0.15) is 5.10 Å². The minimum Gasteiger partial charge on any atom is -0.480 e. The normalized spacial score (nSPS) is 17.6. The summed E-state index contributed by atoms with van der Waals surface area (Å²) in [6.07, 6.45) is 0. The zero-order chi connectivity index (χ0) is 18.1. The lowest BCUT2D eigenvalue weighted by Crippen LogP contribution is -2.52. The lowest BCUT2D eigenvalue weighted by Gasteiger charge is -2.32. The molecule has 1 fully saturated rings. The maximum absolute atomic E-state index is 14.5. The second kappa shape index (κ2) is 6.64. The van der Waals surface area contributed by atoms with Crippen molar-refractivity contribution in [1.29, 1.82) is 0 Å². The van der Waals surface area contributed by atoms with Gasteiger partial charge in [-0.15, -0.1) is 0 Å². The summed E-state index contributed by atoms with van der Waals surface area (Å²) in [5.41, 5.74) is 1.86. The Morgan fingerprint density at radius 3 is 2.68 bits per heavy atom. The first kappa shape index (κ1) is 17.1. The van der Waals surface area contributed by atoms with Crippen molar-refractivity contribution < 1.29 is 23.8 Å². The standard InChI is InChI=1S/C17H18FN3O4/c1-10-7-11(2)21(19-10)14-4-3-12(8-13(14)18)16(22)20-5-6-25-9-15(20)17(23)24/h3-4,7-8,15H,5-6,9H2,1-2H3,(H,23,24). The maximum Gasteiger partial charge on any atom is 0.328 e. The topological polar surface area (TPSA) is 84.7 Å². The van der Waals surface area contributed by atoms with Crippen molar-refractivity contribution in [1.82, 2.24) is 14.7 Å². The minimum absolute atomic E-state index is 0.0760. The van der Waals surface area contributed by atoms with E-state index in [-0.39, 0.29) is 31.0 Å². The number of morpholine rings is 1. The molecule has 1 saturated heterocycles. The summed E-state index contributed by atoms with van der Waals surface area (Å²) in [5.74, 6) is -2.28. The van der Waals surface area contributed by atoms with Gasteiger partial charge in [0.15, 0.2) is 6.04 Å². The smallest absolute Gasteiger partial charge is 0.328 e. The molecule has 1 N–H and O–H groups in total. The number of carbonyl (C=O) groups excluding carboxylic acids is 1. The van der Waals surface area contributed by atoms with Gasteiger partial charge in [0.25, 0.3) is 5.91 Å². The molecule has 8 heteroatoms. The van der Waals surface area contributed by atoms with E-state index in [0.29, 0.717) is 0 Å². The van der Waals surface area contributed by atoms with Crippen LogP contribution < -0.4 is 0 Å². The van der Waals surface area contributed by atoms with Gasteiger partial charge >= 0.3 is 5.97 Å². The van der Waals surface area contributed by atoms with Crippen LogP contribution in [0.25, 0.3) is 5.69 Å². The molecule has 2 aromatic rings. The fourth-order valence-corrected chi connectivity index (χ4v) is 2.90. The minimum atomic E-state index is -1.15. The van der Waals surface area contributed by atoms with Crippen molar-refractivity contribution in [3.63, 3.8) is 0 Å². The number of aryl methyl sites for hydroxylation is 2. The molecule has 2 heterocycles. The Labute approximate surface area is 143 Å². The van der Waals surface area contributed by atoms with Crippen LogP contribution in [0.4, 0.5) is 4.39 Å². The third kappa shape index (κ3) is 3.25. The van der Waals surface area contributed by atoms with E-state index in [1.54, 1.807) is 0 Å². The zero-order valence-corrected chi connectivity index (χ0v) is 13.9. The number of hydrogen-bond acceptors (Lipinski definition) is 4. The number of rotatable bonds is 3. The van der Waals surface area contributed by atoms with Gasteiger partial charge in [0.05, 0.1) is 18.9 Å². The van der Waals surface area contributed by atoms with Crippen molar-refractivity contribution >= 4 is 11.9 Å². The van der Waals surface area contributed by atoms with Gasteiger partial charge in [0.1, 0.15) is 11.5 Å². The SMILES string of the molecule is Cc1cc(C)n(-c2ccc(C(=O)N3CCOCC3C(=O)O)cc2F)n1. The van der Waals surface area contributed by atoms with Gasteiger partial charge < -0.3 is 14.7 Å². The summed E-state index contributed by atoms with van der Waals surface area (Å²) in [6, 6.07) is 4.82. The van der Waals surface area contributed by atoms with Gasteiger partial charge in [-0.05, 0) is 38.1 Å². The third-order valence-electron chi connectivity index (χ3n) is 4.11. The molecule has 1 aromatic heterocycles. The highest BCUT2D eigenvalue weighted by atomic mass is 19.1. The van der Waals surface area contributed by atoms with E-state index >= 15 is 0 Å². The lowest BCUT2D eigenvalue weighted by molar-refractivity contribution is -0.147. The monoisotopic (exact) mass is 347 g/mol. The van der Waals surface area contributed by atoms with Crippen LogP contribution >= 0.6 is 0 Å². The van der Waals surface area contributed by atoms with E-state index in [4.69, 9.17) is 4.74 Å². The number of carboxylic acids is 1. The molecule has 1 aliphatic rings. The van der Waals surface area contributed by atoms with Crippen LogP contribution in [0.2, 0.25) is 0 Å². The summed E-state index contributed by atoms with van der Waals surface area (Å²) in [4.78, 5) is 25.1. The van der Waals surface area contributed by atoms with Crippen LogP contribution in [0.5, 0.6) is 0 Å². The quantitative estimate of drug-likeness (QED) is 0.911. The van der Waals surface area contributed by atoms with E-state index < -0.39 is 23.7 Å². The molecule has 0 spiro atoms. The van der Waals surface area contributed by atoms with Crippen LogP contribution in [0, 0.1) is 19.7 Å². The first-order chi connectivity index (χ1) is 11.9. The second-order valence-corrected chi connectivity index (χ2v) is 5.93. The Hall–Kier alpha value is -2.74. The summed E-state index contributed by atoms with van der Waals surface area (Å²) in [7, 11) is 0. The number of ether oxygens (including phenoxy) is 1. The predicted octanol–water partition coefficient (Wildman–Crippen LogP) is 1.55. The first-order valence-corrected chi connectivity index (χ1v) is 7.83. The predicted molar refractivity (Wildman–Crippen MR) is 86.3 cm³/mol. The summed E-state index contributed by atoms with van der Waals surface area (Å²) < 4.78 is 21.1. The van der Waals surface area contributed by atoms with E-state index in [1.807, 2.05) is 19.9 Å². The Bertz CT molecular complexity index is 833. The molecule has 0 radical (unpaired) electrons. The molecule has 132 valence electrons. The molecular weight excluding hydrogens is 329 g/mol. The zero-order valence-electron chi connectivity index (χ0n) is 13.9.